The van der Waals surface area contributed by atoms with E-state index in [4.69, 9.17) is 5.11 Å². The SMILES string of the molecule is O=C(O)C1CCC(n2cnnc2)C1. The van der Waals surface area contributed by atoms with E-state index in [0.717, 1.165) is 12.8 Å². The Kier molecular flexibility index (Phi) is 2.00. The molecule has 0 radical (unpaired) electrons. The second-order valence-corrected chi connectivity index (χ2v) is 3.41. The number of aromatic nitrogens is 3. The molecule has 70 valence electrons. The minimum absolute atomic E-state index is 0.188. The molecule has 0 bridgehead atoms. The zero-order valence-electron chi connectivity index (χ0n) is 7.13. The number of carboxylic acids is 1. The van der Waals surface area contributed by atoms with E-state index >= 15 is 0 Å². The highest BCUT2D eigenvalue weighted by Crippen LogP contribution is 2.34. The van der Waals surface area contributed by atoms with Crippen LogP contribution in [0.25, 0.3) is 0 Å². The van der Waals surface area contributed by atoms with Gasteiger partial charge in [0.1, 0.15) is 12.7 Å². The first-order valence-electron chi connectivity index (χ1n) is 4.34. The van der Waals surface area contributed by atoms with Gasteiger partial charge in [0.15, 0.2) is 0 Å². The predicted molar refractivity (Wildman–Crippen MR) is 44.0 cm³/mol. The molecule has 1 aliphatic carbocycles. The molecule has 0 amide bonds. The van der Waals surface area contributed by atoms with Crippen LogP contribution in [0, 0.1) is 5.92 Å². The first-order valence-corrected chi connectivity index (χ1v) is 4.34. The van der Waals surface area contributed by atoms with Crippen molar-refractivity contribution < 1.29 is 9.90 Å². The van der Waals surface area contributed by atoms with Crippen LogP contribution in [0.5, 0.6) is 0 Å². The number of nitrogens with zero attached hydrogens (tertiary/aromatic N) is 3. The first-order chi connectivity index (χ1) is 6.27. The Hall–Kier alpha value is -1.39. The quantitative estimate of drug-likeness (QED) is 0.729. The third-order valence-electron chi connectivity index (χ3n) is 2.61. The van der Waals surface area contributed by atoms with Crippen LogP contribution in [0.15, 0.2) is 12.7 Å². The van der Waals surface area contributed by atoms with E-state index < -0.39 is 5.97 Å². The van der Waals surface area contributed by atoms with Crippen molar-refractivity contribution in [2.24, 2.45) is 5.92 Å². The molecule has 1 heterocycles. The summed E-state index contributed by atoms with van der Waals surface area (Å²) in [5, 5.41) is 16.2. The number of hydrogen-bond acceptors (Lipinski definition) is 3. The third kappa shape index (κ3) is 1.54. The maximum absolute atomic E-state index is 10.7. The lowest BCUT2D eigenvalue weighted by Crippen LogP contribution is -2.10. The van der Waals surface area contributed by atoms with Crippen molar-refractivity contribution in [3.8, 4) is 0 Å². The van der Waals surface area contributed by atoms with Crippen LogP contribution in [0.1, 0.15) is 25.3 Å². The number of carbonyl (C=O) groups is 1. The van der Waals surface area contributed by atoms with Gasteiger partial charge in [-0.2, -0.15) is 0 Å². The number of carboxylic acid groups (broad SMARTS) is 1. The van der Waals surface area contributed by atoms with Gasteiger partial charge >= 0.3 is 5.97 Å². The second-order valence-electron chi connectivity index (χ2n) is 3.41. The second kappa shape index (κ2) is 3.16. The van der Waals surface area contributed by atoms with Gasteiger partial charge in [-0.15, -0.1) is 10.2 Å². The molecule has 0 aliphatic heterocycles. The Bertz CT molecular complexity index is 296. The normalized spacial score (nSPS) is 27.7. The number of hydrogen-bond donors (Lipinski definition) is 1. The van der Waals surface area contributed by atoms with Crippen LogP contribution in [-0.2, 0) is 4.79 Å². The fourth-order valence-electron chi connectivity index (χ4n) is 1.85. The molecular formula is C8H11N3O2. The monoisotopic (exact) mass is 181 g/mol. The fourth-order valence-corrected chi connectivity index (χ4v) is 1.85. The molecule has 5 nitrogen and oxygen atoms in total. The van der Waals surface area contributed by atoms with E-state index in [9.17, 15) is 4.79 Å². The summed E-state index contributed by atoms with van der Waals surface area (Å²) in [4.78, 5) is 10.7. The van der Waals surface area contributed by atoms with Crippen LogP contribution in [-0.4, -0.2) is 25.8 Å². The van der Waals surface area contributed by atoms with Crippen molar-refractivity contribution in [2.75, 3.05) is 0 Å². The van der Waals surface area contributed by atoms with E-state index in [0.29, 0.717) is 6.42 Å². The smallest absolute Gasteiger partial charge is 0.306 e. The maximum atomic E-state index is 10.7. The van der Waals surface area contributed by atoms with Gasteiger partial charge in [-0.3, -0.25) is 4.79 Å². The van der Waals surface area contributed by atoms with Crippen molar-refractivity contribution in [2.45, 2.75) is 25.3 Å². The molecule has 1 aromatic heterocycles. The summed E-state index contributed by atoms with van der Waals surface area (Å²) in [6, 6.07) is 0.274. The lowest BCUT2D eigenvalue weighted by atomic mass is 10.1. The molecule has 2 rings (SSSR count). The average molecular weight is 181 g/mol. The molecule has 0 aromatic carbocycles. The summed E-state index contributed by atoms with van der Waals surface area (Å²) in [7, 11) is 0. The lowest BCUT2D eigenvalue weighted by Gasteiger charge is -2.09. The third-order valence-corrected chi connectivity index (χ3v) is 2.61. The van der Waals surface area contributed by atoms with Crippen LogP contribution < -0.4 is 0 Å². The van der Waals surface area contributed by atoms with Gasteiger partial charge in [-0.05, 0) is 19.3 Å². The summed E-state index contributed by atoms with van der Waals surface area (Å²) >= 11 is 0. The van der Waals surface area contributed by atoms with Gasteiger partial charge in [0, 0.05) is 6.04 Å². The topological polar surface area (TPSA) is 68.0 Å². The molecule has 0 saturated heterocycles. The molecule has 5 heteroatoms. The first kappa shape index (κ1) is 8.22. The van der Waals surface area contributed by atoms with Crippen LogP contribution in [0.2, 0.25) is 0 Å². The fraction of sp³-hybridized carbons (Fsp3) is 0.625. The molecule has 1 saturated carbocycles. The Morgan fingerprint density at radius 2 is 2.08 bits per heavy atom. The Morgan fingerprint density at radius 1 is 1.38 bits per heavy atom. The zero-order chi connectivity index (χ0) is 9.26. The van der Waals surface area contributed by atoms with Gasteiger partial charge in [0.05, 0.1) is 5.92 Å². The molecule has 0 spiro atoms. The summed E-state index contributed by atoms with van der Waals surface area (Å²) in [6.45, 7) is 0. The predicted octanol–water partition coefficient (Wildman–Crippen LogP) is 0.704. The molecule has 1 fully saturated rings. The highest BCUT2D eigenvalue weighted by Gasteiger charge is 2.30. The van der Waals surface area contributed by atoms with E-state index in [2.05, 4.69) is 10.2 Å². The largest absolute Gasteiger partial charge is 0.481 e. The summed E-state index contributed by atoms with van der Waals surface area (Å²) in [5.74, 6) is -0.872. The van der Waals surface area contributed by atoms with Crippen molar-refractivity contribution in [3.63, 3.8) is 0 Å². The minimum Gasteiger partial charge on any atom is -0.481 e. The molecule has 1 aromatic rings. The number of aliphatic carboxylic acids is 1. The van der Waals surface area contributed by atoms with E-state index in [1.807, 2.05) is 4.57 Å². The standard InChI is InChI=1S/C8H11N3O2/c12-8(13)6-1-2-7(3-6)11-4-9-10-5-11/h4-7H,1-3H2,(H,12,13). The van der Waals surface area contributed by atoms with E-state index in [1.54, 1.807) is 12.7 Å². The van der Waals surface area contributed by atoms with Gasteiger partial charge in [-0.25, -0.2) is 0 Å². The number of rotatable bonds is 2. The molecule has 2 unspecified atom stereocenters. The molecule has 1 N–H and O–H groups in total. The van der Waals surface area contributed by atoms with Gasteiger partial charge in [-0.1, -0.05) is 0 Å². The summed E-state index contributed by atoms with van der Waals surface area (Å²) in [5.41, 5.74) is 0. The Labute approximate surface area is 75.4 Å². The van der Waals surface area contributed by atoms with Gasteiger partial charge < -0.3 is 9.67 Å². The molecule has 1 aliphatic rings. The van der Waals surface area contributed by atoms with E-state index in [1.165, 1.54) is 0 Å². The van der Waals surface area contributed by atoms with Crippen LogP contribution in [0.4, 0.5) is 0 Å². The summed E-state index contributed by atoms with van der Waals surface area (Å²) < 4.78 is 1.89. The van der Waals surface area contributed by atoms with Crippen molar-refractivity contribution in [1.29, 1.82) is 0 Å². The van der Waals surface area contributed by atoms with Crippen molar-refractivity contribution in [3.05, 3.63) is 12.7 Å². The minimum atomic E-state index is -0.685. The lowest BCUT2D eigenvalue weighted by molar-refractivity contribution is -0.141. The average Bonchev–Trinajstić information content (AvgIpc) is 2.75. The highest BCUT2D eigenvalue weighted by atomic mass is 16.4. The van der Waals surface area contributed by atoms with Crippen LogP contribution in [0.3, 0.4) is 0 Å². The summed E-state index contributed by atoms with van der Waals surface area (Å²) in [6.07, 6.45) is 5.67. The zero-order valence-corrected chi connectivity index (χ0v) is 7.13. The maximum Gasteiger partial charge on any atom is 0.306 e. The molecule has 13 heavy (non-hydrogen) atoms. The van der Waals surface area contributed by atoms with E-state index in [-0.39, 0.29) is 12.0 Å². The highest BCUT2D eigenvalue weighted by molar-refractivity contribution is 5.70. The molecule has 2 atom stereocenters. The van der Waals surface area contributed by atoms with Crippen molar-refractivity contribution in [1.82, 2.24) is 14.8 Å². The Morgan fingerprint density at radius 3 is 2.62 bits per heavy atom. The van der Waals surface area contributed by atoms with Crippen molar-refractivity contribution >= 4 is 5.97 Å². The Balaban J connectivity index is 2.03. The van der Waals surface area contributed by atoms with Gasteiger partial charge in [0.25, 0.3) is 0 Å². The molecular weight excluding hydrogens is 170 g/mol. The van der Waals surface area contributed by atoms with Crippen LogP contribution >= 0.6 is 0 Å². The van der Waals surface area contributed by atoms with Gasteiger partial charge in [0.2, 0.25) is 0 Å².